The van der Waals surface area contributed by atoms with E-state index >= 15 is 0 Å². The Labute approximate surface area is 135 Å². The number of aryl methyl sites for hydroxylation is 3. The lowest BCUT2D eigenvalue weighted by Gasteiger charge is -2.33. The van der Waals surface area contributed by atoms with Crippen LogP contribution in [0.4, 0.5) is 0 Å². The van der Waals surface area contributed by atoms with E-state index in [1.165, 1.54) is 5.56 Å². The summed E-state index contributed by atoms with van der Waals surface area (Å²) in [4.78, 5) is 6.74. The first-order chi connectivity index (χ1) is 11.1. The van der Waals surface area contributed by atoms with E-state index in [0.717, 1.165) is 43.9 Å². The molecule has 2 aromatic heterocycles. The van der Waals surface area contributed by atoms with Crippen LogP contribution in [0.2, 0.25) is 0 Å². The van der Waals surface area contributed by atoms with Crippen molar-refractivity contribution in [2.45, 2.75) is 52.4 Å². The minimum atomic E-state index is -0.0264. The van der Waals surface area contributed by atoms with Crippen LogP contribution in [0.1, 0.15) is 47.7 Å². The number of likely N-dealkylation sites (tertiary alicyclic amines) is 1. The van der Waals surface area contributed by atoms with Crippen LogP contribution in [0.5, 0.6) is 0 Å². The van der Waals surface area contributed by atoms with E-state index in [1.54, 1.807) is 0 Å². The van der Waals surface area contributed by atoms with E-state index in [2.05, 4.69) is 20.2 Å². The van der Waals surface area contributed by atoms with Crippen molar-refractivity contribution in [3.63, 3.8) is 0 Å². The van der Waals surface area contributed by atoms with Gasteiger partial charge in [0.2, 0.25) is 11.7 Å². The highest BCUT2D eigenvalue weighted by molar-refractivity contribution is 5.20. The third-order valence-corrected chi connectivity index (χ3v) is 5.03. The van der Waals surface area contributed by atoms with Crippen LogP contribution in [0.25, 0.3) is 0 Å². The van der Waals surface area contributed by atoms with Gasteiger partial charge in [0.15, 0.2) is 0 Å². The van der Waals surface area contributed by atoms with Gasteiger partial charge in [-0.1, -0.05) is 10.3 Å². The Morgan fingerprint density at radius 3 is 2.74 bits per heavy atom. The Bertz CT molecular complexity index is 676. The molecule has 0 aromatic carbocycles. The average Bonchev–Trinajstić information content (AvgIpc) is 3.21. The summed E-state index contributed by atoms with van der Waals surface area (Å²) in [5.74, 6) is 2.78. The van der Waals surface area contributed by atoms with Crippen molar-refractivity contribution < 1.29 is 13.8 Å². The second-order valence-corrected chi connectivity index (χ2v) is 6.66. The Balaban J connectivity index is 1.41. The zero-order valence-electron chi connectivity index (χ0n) is 13.8. The van der Waals surface area contributed by atoms with Crippen LogP contribution in [0, 0.1) is 26.7 Å². The predicted octanol–water partition coefficient (Wildman–Crippen LogP) is 2.33. The number of ether oxygens (including phenoxy) is 1. The lowest BCUT2D eigenvalue weighted by Crippen LogP contribution is -2.41. The van der Waals surface area contributed by atoms with Gasteiger partial charge in [-0.2, -0.15) is 4.98 Å². The van der Waals surface area contributed by atoms with Gasteiger partial charge in [0.25, 0.3) is 0 Å². The molecule has 0 aliphatic carbocycles. The van der Waals surface area contributed by atoms with Gasteiger partial charge in [0.1, 0.15) is 11.9 Å². The lowest BCUT2D eigenvalue weighted by molar-refractivity contribution is -0.0127. The van der Waals surface area contributed by atoms with E-state index in [9.17, 15) is 0 Å². The molecule has 2 fully saturated rings. The molecule has 0 spiro atoms. The van der Waals surface area contributed by atoms with Crippen LogP contribution in [0.3, 0.4) is 0 Å². The lowest BCUT2D eigenvalue weighted by atomic mass is 9.91. The fourth-order valence-electron chi connectivity index (χ4n) is 3.70. The summed E-state index contributed by atoms with van der Waals surface area (Å²) in [6.07, 6.45) is 2.35. The maximum absolute atomic E-state index is 6.21. The van der Waals surface area contributed by atoms with E-state index in [1.807, 2.05) is 20.8 Å². The summed E-state index contributed by atoms with van der Waals surface area (Å²) in [5, 5.41) is 8.06. The van der Waals surface area contributed by atoms with Crippen LogP contribution in [0.15, 0.2) is 9.05 Å². The average molecular weight is 318 g/mol. The van der Waals surface area contributed by atoms with Crippen molar-refractivity contribution in [3.05, 3.63) is 28.7 Å². The summed E-state index contributed by atoms with van der Waals surface area (Å²) in [6, 6.07) is 0. The van der Waals surface area contributed by atoms with E-state index in [4.69, 9.17) is 13.8 Å². The normalized spacial score (nSPS) is 28.2. The molecule has 0 unspecified atom stereocenters. The van der Waals surface area contributed by atoms with Gasteiger partial charge in [-0.05, 0) is 39.2 Å². The molecular weight excluding hydrogens is 296 g/mol. The third kappa shape index (κ3) is 2.79. The van der Waals surface area contributed by atoms with Gasteiger partial charge < -0.3 is 13.8 Å². The van der Waals surface area contributed by atoms with E-state index in [-0.39, 0.29) is 12.2 Å². The van der Waals surface area contributed by atoms with Crippen molar-refractivity contribution >= 4 is 0 Å². The Kier molecular flexibility index (Phi) is 3.69. The zero-order chi connectivity index (χ0) is 16.0. The largest absolute Gasteiger partial charge is 0.365 e. The van der Waals surface area contributed by atoms with Crippen LogP contribution < -0.4 is 0 Å². The molecule has 2 aliphatic rings. The molecule has 124 valence electrons. The highest BCUT2D eigenvalue weighted by Crippen LogP contribution is 2.40. The molecule has 7 heteroatoms. The number of hydrogen-bond acceptors (Lipinski definition) is 7. The molecule has 0 bridgehead atoms. The number of piperidine rings is 1. The summed E-state index contributed by atoms with van der Waals surface area (Å²) in [6.45, 7) is 8.67. The van der Waals surface area contributed by atoms with Gasteiger partial charge in [0.05, 0.1) is 11.8 Å². The second-order valence-electron chi connectivity index (χ2n) is 6.66. The van der Waals surface area contributed by atoms with E-state index < -0.39 is 0 Å². The van der Waals surface area contributed by atoms with Crippen molar-refractivity contribution in [2.24, 2.45) is 5.92 Å². The molecule has 2 aliphatic heterocycles. The molecule has 7 nitrogen and oxygen atoms in total. The molecule has 2 aromatic rings. The molecule has 23 heavy (non-hydrogen) atoms. The topological polar surface area (TPSA) is 77.4 Å². The zero-order valence-corrected chi connectivity index (χ0v) is 13.8. The summed E-state index contributed by atoms with van der Waals surface area (Å²) in [7, 11) is 0. The monoisotopic (exact) mass is 318 g/mol. The van der Waals surface area contributed by atoms with Gasteiger partial charge in [-0.15, -0.1) is 0 Å². The summed E-state index contributed by atoms with van der Waals surface area (Å²) < 4.78 is 16.6. The van der Waals surface area contributed by atoms with Crippen LogP contribution >= 0.6 is 0 Å². The van der Waals surface area contributed by atoms with Crippen LogP contribution in [-0.4, -0.2) is 39.4 Å². The molecule has 0 saturated carbocycles. The van der Waals surface area contributed by atoms with Crippen molar-refractivity contribution in [3.8, 4) is 0 Å². The van der Waals surface area contributed by atoms with Gasteiger partial charge in [0, 0.05) is 25.6 Å². The summed E-state index contributed by atoms with van der Waals surface area (Å²) in [5.41, 5.74) is 2.18. The Morgan fingerprint density at radius 2 is 2.04 bits per heavy atom. The Morgan fingerprint density at radius 1 is 1.17 bits per heavy atom. The van der Waals surface area contributed by atoms with Crippen molar-refractivity contribution in [1.82, 2.24) is 20.2 Å². The van der Waals surface area contributed by atoms with Gasteiger partial charge >= 0.3 is 0 Å². The molecule has 0 radical (unpaired) electrons. The minimum absolute atomic E-state index is 0.0264. The molecular formula is C16H22N4O3. The quantitative estimate of drug-likeness (QED) is 0.859. The smallest absolute Gasteiger partial charge is 0.223 e. The number of hydrogen-bond donors (Lipinski definition) is 0. The highest BCUT2D eigenvalue weighted by Gasteiger charge is 2.41. The first kappa shape index (κ1) is 14.8. The number of rotatable bonds is 3. The molecule has 4 heterocycles. The fraction of sp³-hybridized carbons (Fsp3) is 0.688. The van der Waals surface area contributed by atoms with E-state index in [0.29, 0.717) is 17.6 Å². The first-order valence-electron chi connectivity index (χ1n) is 8.20. The number of nitrogens with zero attached hydrogens (tertiary/aromatic N) is 4. The molecule has 0 N–H and O–H groups in total. The van der Waals surface area contributed by atoms with Gasteiger partial charge in [-0.3, -0.25) is 4.90 Å². The molecule has 4 rings (SSSR count). The summed E-state index contributed by atoms with van der Waals surface area (Å²) >= 11 is 0. The number of fused-ring (bicyclic) bond motifs is 1. The SMILES string of the molecule is Cc1nc([C@H]2C[C@@H]3CCN(Cc4c(C)noc4C)C[C@H]3O2)no1. The highest BCUT2D eigenvalue weighted by atomic mass is 16.5. The first-order valence-corrected chi connectivity index (χ1v) is 8.20. The maximum atomic E-state index is 6.21. The second kappa shape index (κ2) is 5.72. The van der Waals surface area contributed by atoms with Crippen molar-refractivity contribution in [2.75, 3.05) is 13.1 Å². The molecule has 2 saturated heterocycles. The fourth-order valence-corrected chi connectivity index (χ4v) is 3.70. The molecule has 3 atom stereocenters. The number of aromatic nitrogens is 3. The third-order valence-electron chi connectivity index (χ3n) is 5.03. The van der Waals surface area contributed by atoms with Crippen LogP contribution in [-0.2, 0) is 11.3 Å². The molecule has 0 amide bonds. The maximum Gasteiger partial charge on any atom is 0.223 e. The van der Waals surface area contributed by atoms with Gasteiger partial charge in [-0.25, -0.2) is 0 Å². The minimum Gasteiger partial charge on any atom is -0.365 e. The standard InChI is InChI=1S/C16H22N4O3/c1-9-13(10(2)22-18-9)7-20-5-4-12-6-14(21-15(12)8-20)16-17-11(3)23-19-16/h12,14-15H,4-8H2,1-3H3/t12-,14+,15+/m0/s1. The predicted molar refractivity (Wildman–Crippen MR) is 80.6 cm³/mol. The Hall–Kier alpha value is -1.73. The van der Waals surface area contributed by atoms with Crippen molar-refractivity contribution in [1.29, 1.82) is 0 Å².